The Kier molecular flexibility index (Phi) is 10.3. The molecular formula is C18H25N5O7S. The van der Waals surface area contributed by atoms with Crippen LogP contribution in [0.5, 0.6) is 5.75 Å². The molecule has 1 aromatic rings. The number of nitrogens with two attached hydrogens (primary N) is 2. The molecule has 31 heavy (non-hydrogen) atoms. The van der Waals surface area contributed by atoms with Gasteiger partial charge in [-0.3, -0.25) is 24.0 Å². The van der Waals surface area contributed by atoms with Gasteiger partial charge in [-0.2, -0.15) is 12.6 Å². The van der Waals surface area contributed by atoms with E-state index >= 15 is 0 Å². The molecule has 0 aliphatic carbocycles. The molecule has 9 N–H and O–H groups in total. The molecule has 0 aromatic heterocycles. The van der Waals surface area contributed by atoms with E-state index in [1.165, 1.54) is 24.3 Å². The second-order valence-corrected chi connectivity index (χ2v) is 6.93. The van der Waals surface area contributed by atoms with Crippen molar-refractivity contribution in [1.82, 2.24) is 16.0 Å². The topological polar surface area (TPSA) is 214 Å². The number of hydrogen-bond acceptors (Lipinski definition) is 8. The average Bonchev–Trinajstić information content (AvgIpc) is 2.70. The maximum atomic E-state index is 12.6. The molecular weight excluding hydrogens is 430 g/mol. The Balaban J connectivity index is 2.90. The molecule has 1 aromatic carbocycles. The van der Waals surface area contributed by atoms with Gasteiger partial charge in [0.05, 0.1) is 12.5 Å². The van der Waals surface area contributed by atoms with E-state index in [4.69, 9.17) is 16.6 Å². The van der Waals surface area contributed by atoms with Crippen molar-refractivity contribution in [3.8, 4) is 5.75 Å². The molecule has 170 valence electrons. The quantitative estimate of drug-likeness (QED) is 0.154. The van der Waals surface area contributed by atoms with E-state index in [0.29, 0.717) is 5.56 Å². The van der Waals surface area contributed by atoms with E-state index in [0.717, 1.165) is 0 Å². The van der Waals surface area contributed by atoms with Crippen LogP contribution in [0.3, 0.4) is 0 Å². The van der Waals surface area contributed by atoms with Gasteiger partial charge in [0, 0.05) is 12.2 Å². The summed E-state index contributed by atoms with van der Waals surface area (Å²) < 4.78 is 0. The highest BCUT2D eigenvalue weighted by Gasteiger charge is 2.28. The van der Waals surface area contributed by atoms with Crippen molar-refractivity contribution >= 4 is 42.2 Å². The first-order valence-corrected chi connectivity index (χ1v) is 9.69. The first-order valence-electron chi connectivity index (χ1n) is 9.06. The Morgan fingerprint density at radius 2 is 1.55 bits per heavy atom. The molecule has 0 aliphatic heterocycles. The lowest BCUT2D eigenvalue weighted by Crippen LogP contribution is -2.57. The van der Waals surface area contributed by atoms with E-state index in [2.05, 4.69) is 28.6 Å². The van der Waals surface area contributed by atoms with Crippen LogP contribution in [0.1, 0.15) is 12.0 Å². The number of amides is 4. The third-order valence-electron chi connectivity index (χ3n) is 4.00. The molecule has 3 unspecified atom stereocenters. The molecule has 0 saturated carbocycles. The maximum Gasteiger partial charge on any atom is 0.322 e. The summed E-state index contributed by atoms with van der Waals surface area (Å²) in [4.78, 5) is 58.7. The van der Waals surface area contributed by atoms with Crippen molar-refractivity contribution < 1.29 is 34.2 Å². The number of benzene rings is 1. The fourth-order valence-corrected chi connectivity index (χ4v) is 2.67. The predicted octanol–water partition coefficient (Wildman–Crippen LogP) is -2.76. The zero-order valence-corrected chi connectivity index (χ0v) is 17.3. The molecule has 0 aliphatic rings. The number of carbonyl (C=O) groups excluding carboxylic acids is 4. The van der Waals surface area contributed by atoms with Gasteiger partial charge in [0.2, 0.25) is 23.6 Å². The molecule has 4 amide bonds. The summed E-state index contributed by atoms with van der Waals surface area (Å²) in [5.41, 5.74) is 11.1. The monoisotopic (exact) mass is 455 g/mol. The van der Waals surface area contributed by atoms with Crippen molar-refractivity contribution in [3.05, 3.63) is 29.8 Å². The minimum Gasteiger partial charge on any atom is -0.508 e. The van der Waals surface area contributed by atoms with E-state index in [1.807, 2.05) is 0 Å². The van der Waals surface area contributed by atoms with E-state index in [1.54, 1.807) is 0 Å². The number of aliphatic carboxylic acids is 1. The molecule has 0 bridgehead atoms. The van der Waals surface area contributed by atoms with Crippen LogP contribution in [0.15, 0.2) is 24.3 Å². The number of nitrogens with one attached hydrogen (secondary N) is 3. The van der Waals surface area contributed by atoms with Gasteiger partial charge in [-0.05, 0) is 17.7 Å². The van der Waals surface area contributed by atoms with Gasteiger partial charge in [-0.1, -0.05) is 12.1 Å². The number of rotatable bonds is 12. The summed E-state index contributed by atoms with van der Waals surface area (Å²) in [6, 6.07) is 2.19. The van der Waals surface area contributed by atoms with Gasteiger partial charge in [0.1, 0.15) is 24.4 Å². The van der Waals surface area contributed by atoms with Crippen LogP contribution < -0.4 is 27.4 Å². The molecule has 0 heterocycles. The summed E-state index contributed by atoms with van der Waals surface area (Å²) in [5.74, 6) is -4.56. The van der Waals surface area contributed by atoms with E-state index < -0.39 is 60.7 Å². The Morgan fingerprint density at radius 1 is 0.968 bits per heavy atom. The van der Waals surface area contributed by atoms with E-state index in [9.17, 15) is 29.1 Å². The number of thiol groups is 1. The number of carboxylic acid groups (broad SMARTS) is 1. The zero-order chi connectivity index (χ0) is 23.6. The number of primary amides is 1. The molecule has 12 nitrogen and oxygen atoms in total. The summed E-state index contributed by atoms with van der Waals surface area (Å²) >= 11 is 4.01. The van der Waals surface area contributed by atoms with Crippen molar-refractivity contribution in [1.29, 1.82) is 0 Å². The van der Waals surface area contributed by atoms with Crippen LogP contribution in [0.4, 0.5) is 0 Å². The van der Waals surface area contributed by atoms with Crippen LogP contribution in [-0.4, -0.2) is 70.2 Å². The number of hydrogen-bond donors (Lipinski definition) is 8. The Hall–Kier alpha value is -3.32. The van der Waals surface area contributed by atoms with Gasteiger partial charge in [-0.15, -0.1) is 0 Å². The molecule has 0 radical (unpaired) electrons. The van der Waals surface area contributed by atoms with Gasteiger partial charge in [0.25, 0.3) is 0 Å². The Labute approximate surface area is 183 Å². The van der Waals surface area contributed by atoms with Crippen LogP contribution >= 0.6 is 12.6 Å². The minimum absolute atomic E-state index is 0.00446. The lowest BCUT2D eigenvalue weighted by Gasteiger charge is -2.23. The molecule has 1 rings (SSSR count). The molecule has 13 heteroatoms. The van der Waals surface area contributed by atoms with Crippen molar-refractivity contribution in [2.45, 2.75) is 31.0 Å². The van der Waals surface area contributed by atoms with Crippen LogP contribution in [0, 0.1) is 0 Å². The molecule has 3 atom stereocenters. The SMILES string of the molecule is NC(=O)CC(N)C(=O)NC(CS)C(=O)NC(Cc1ccc(O)cc1)C(=O)NCC(=O)O. The number of phenols is 1. The lowest BCUT2D eigenvalue weighted by atomic mass is 10.0. The summed E-state index contributed by atoms with van der Waals surface area (Å²) in [6.07, 6.45) is -0.445. The maximum absolute atomic E-state index is 12.6. The third kappa shape index (κ3) is 9.35. The minimum atomic E-state index is -1.27. The Bertz CT molecular complexity index is 818. The number of carbonyl (C=O) groups is 5. The number of aromatic hydroxyl groups is 1. The van der Waals surface area contributed by atoms with Gasteiger partial charge >= 0.3 is 5.97 Å². The predicted molar refractivity (Wildman–Crippen MR) is 112 cm³/mol. The first-order chi connectivity index (χ1) is 14.5. The van der Waals surface area contributed by atoms with Crippen LogP contribution in [0.2, 0.25) is 0 Å². The largest absolute Gasteiger partial charge is 0.508 e. The van der Waals surface area contributed by atoms with Gasteiger partial charge < -0.3 is 37.6 Å². The highest BCUT2D eigenvalue weighted by atomic mass is 32.1. The standard InChI is InChI=1S/C18H25N5O7S/c19-11(6-14(20)25)16(28)23-13(8-31)18(30)22-12(17(29)21-7-15(26)27)5-9-1-3-10(24)4-2-9/h1-4,11-13,24,31H,5-8,19H2,(H2,20,25)(H,21,29)(H,22,30)(H,23,28)(H,26,27). The fourth-order valence-electron chi connectivity index (χ4n) is 2.42. The lowest BCUT2D eigenvalue weighted by molar-refractivity contribution is -0.138. The van der Waals surface area contributed by atoms with Crippen molar-refractivity contribution in [2.24, 2.45) is 11.5 Å². The van der Waals surface area contributed by atoms with Gasteiger partial charge in [-0.25, -0.2) is 0 Å². The molecule has 0 saturated heterocycles. The second kappa shape index (κ2) is 12.4. The van der Waals surface area contributed by atoms with Crippen molar-refractivity contribution in [2.75, 3.05) is 12.3 Å². The highest BCUT2D eigenvalue weighted by molar-refractivity contribution is 7.80. The highest BCUT2D eigenvalue weighted by Crippen LogP contribution is 2.11. The first kappa shape index (κ1) is 25.7. The normalized spacial score (nSPS) is 13.4. The van der Waals surface area contributed by atoms with Crippen LogP contribution in [-0.2, 0) is 30.4 Å². The molecule has 0 fully saturated rings. The number of phenolic OH excluding ortho intramolecular Hbond substituents is 1. The molecule has 0 spiro atoms. The smallest absolute Gasteiger partial charge is 0.322 e. The second-order valence-electron chi connectivity index (χ2n) is 6.56. The Morgan fingerprint density at radius 3 is 2.06 bits per heavy atom. The summed E-state index contributed by atoms with van der Waals surface area (Å²) in [5, 5.41) is 25.1. The third-order valence-corrected chi connectivity index (χ3v) is 4.36. The summed E-state index contributed by atoms with van der Waals surface area (Å²) in [7, 11) is 0. The summed E-state index contributed by atoms with van der Waals surface area (Å²) in [6.45, 7) is -0.657. The zero-order valence-electron chi connectivity index (χ0n) is 16.4. The van der Waals surface area contributed by atoms with Crippen molar-refractivity contribution in [3.63, 3.8) is 0 Å². The average molecular weight is 455 g/mol. The van der Waals surface area contributed by atoms with E-state index in [-0.39, 0.29) is 17.9 Å². The number of carboxylic acids is 1. The fraction of sp³-hybridized carbons (Fsp3) is 0.389. The van der Waals surface area contributed by atoms with Gasteiger partial charge in [0.15, 0.2) is 0 Å². The van der Waals surface area contributed by atoms with Crippen LogP contribution in [0.25, 0.3) is 0 Å².